The van der Waals surface area contributed by atoms with Crippen LogP contribution in [0.4, 0.5) is 0 Å². The van der Waals surface area contributed by atoms with Crippen LogP contribution in [0.1, 0.15) is 6.92 Å². The van der Waals surface area contributed by atoms with E-state index in [1.807, 2.05) is 6.07 Å². The van der Waals surface area contributed by atoms with Crippen LogP contribution in [0.5, 0.6) is 5.75 Å². The highest BCUT2D eigenvalue weighted by molar-refractivity contribution is 5.76. The predicted octanol–water partition coefficient (Wildman–Crippen LogP) is 0.909. The second-order valence-electron chi connectivity index (χ2n) is 3.87. The van der Waals surface area contributed by atoms with Crippen molar-refractivity contribution in [3.8, 4) is 5.75 Å². The first-order valence-electron chi connectivity index (χ1n) is 5.71. The minimum atomic E-state index is -1.01. The third kappa shape index (κ3) is 6.99. The Kier molecular flexibility index (Phi) is 6.31. The van der Waals surface area contributed by atoms with E-state index in [1.54, 1.807) is 24.3 Å². The van der Waals surface area contributed by atoms with Crippen molar-refractivity contribution in [2.75, 3.05) is 19.8 Å². The molecule has 1 unspecified atom stereocenters. The van der Waals surface area contributed by atoms with E-state index in [-0.39, 0.29) is 30.4 Å². The average molecular weight is 268 g/mol. The van der Waals surface area contributed by atoms with Gasteiger partial charge in [-0.1, -0.05) is 23.1 Å². The molecule has 1 rings (SSSR count). The number of Topliss-reactive ketones (excluding diaryl/α,β-unsaturated/α-hetero) is 1. The molecule has 0 saturated carbocycles. The Morgan fingerprint density at radius 2 is 2.16 bits per heavy atom. The largest absolute Gasteiger partial charge is 0.597 e. The molecule has 0 aliphatic rings. The number of carbonyl (C=O) groups is 1. The predicted molar refractivity (Wildman–Crippen MR) is 65.5 cm³/mol. The fourth-order valence-electron chi connectivity index (χ4n) is 1.16. The molecular weight excluding hydrogens is 252 g/mol. The summed E-state index contributed by atoms with van der Waals surface area (Å²) in [7, 11) is 0. The van der Waals surface area contributed by atoms with E-state index in [1.165, 1.54) is 6.92 Å². The lowest BCUT2D eigenvalue weighted by Gasteiger charge is -2.10. The van der Waals surface area contributed by atoms with E-state index >= 15 is 0 Å². The Bertz CT molecular complexity index is 421. The number of nitrogens with zero attached hydrogens (tertiary/aromatic N) is 2. The third-order valence-electron chi connectivity index (χ3n) is 1.97. The molecule has 1 N–H and O–H groups in total. The van der Waals surface area contributed by atoms with Crippen LogP contribution in [-0.2, 0) is 9.63 Å². The Morgan fingerprint density at radius 1 is 1.47 bits per heavy atom. The summed E-state index contributed by atoms with van der Waals surface area (Å²) in [4.78, 5) is 15.2. The maximum atomic E-state index is 11.1. The lowest BCUT2D eigenvalue weighted by molar-refractivity contribution is -0.565. The number of carbonyl (C=O) groups excluding carboxylic acids is 1. The summed E-state index contributed by atoms with van der Waals surface area (Å²) in [6.45, 7) is 0.707. The molecular formula is C12H16N2O5. The Balaban J connectivity index is 2.26. The Morgan fingerprint density at radius 3 is 2.79 bits per heavy atom. The molecule has 0 spiro atoms. The summed E-state index contributed by atoms with van der Waals surface area (Å²) in [6.07, 6.45) is -1.01. The van der Waals surface area contributed by atoms with Crippen LogP contribution in [-0.4, -0.2) is 41.6 Å². The molecule has 0 fully saturated rings. The SMILES string of the molecule is CC(=O)CON=[N+]([O-])CC(O)COc1ccccc1. The van der Waals surface area contributed by atoms with Gasteiger partial charge in [-0.05, 0) is 19.1 Å². The van der Waals surface area contributed by atoms with Crippen LogP contribution >= 0.6 is 0 Å². The van der Waals surface area contributed by atoms with Gasteiger partial charge >= 0.3 is 0 Å². The molecule has 19 heavy (non-hydrogen) atoms. The van der Waals surface area contributed by atoms with E-state index in [0.717, 1.165) is 0 Å². The van der Waals surface area contributed by atoms with Crippen LogP contribution in [0.25, 0.3) is 0 Å². The van der Waals surface area contributed by atoms with Crippen molar-refractivity contribution < 1.29 is 24.3 Å². The Hall–Kier alpha value is -2.15. The molecule has 1 aromatic carbocycles. The molecule has 0 aromatic heterocycles. The number of aliphatic hydroxyl groups is 1. The number of hydroxylamine groups is 1. The first-order valence-corrected chi connectivity index (χ1v) is 5.71. The van der Waals surface area contributed by atoms with Crippen molar-refractivity contribution in [2.45, 2.75) is 13.0 Å². The summed E-state index contributed by atoms with van der Waals surface area (Å²) < 4.78 is 5.26. The normalized spacial score (nSPS) is 12.8. The van der Waals surface area contributed by atoms with Gasteiger partial charge in [0.1, 0.15) is 12.4 Å². The molecule has 0 saturated heterocycles. The number of rotatable bonds is 8. The van der Waals surface area contributed by atoms with Crippen LogP contribution in [0.3, 0.4) is 0 Å². The zero-order valence-corrected chi connectivity index (χ0v) is 10.6. The number of ketones is 1. The minimum Gasteiger partial charge on any atom is -0.597 e. The first-order chi connectivity index (χ1) is 9.08. The van der Waals surface area contributed by atoms with Gasteiger partial charge in [0.2, 0.25) is 6.54 Å². The number of ether oxygens (including phenoxy) is 1. The van der Waals surface area contributed by atoms with E-state index in [9.17, 15) is 15.1 Å². The van der Waals surface area contributed by atoms with Gasteiger partial charge < -0.3 is 19.9 Å². The fraction of sp³-hybridized carbons (Fsp3) is 0.417. The van der Waals surface area contributed by atoms with Crippen molar-refractivity contribution in [1.29, 1.82) is 0 Å². The average Bonchev–Trinajstić information content (AvgIpc) is 2.37. The maximum absolute atomic E-state index is 11.1. The van der Waals surface area contributed by atoms with Gasteiger partial charge in [-0.25, -0.2) is 0 Å². The van der Waals surface area contributed by atoms with Crippen LogP contribution in [0.2, 0.25) is 0 Å². The van der Waals surface area contributed by atoms with Gasteiger partial charge in [0.15, 0.2) is 23.8 Å². The van der Waals surface area contributed by atoms with Gasteiger partial charge in [0, 0.05) is 0 Å². The smallest absolute Gasteiger partial charge is 0.213 e. The summed E-state index contributed by atoms with van der Waals surface area (Å²) >= 11 is 0. The van der Waals surface area contributed by atoms with Gasteiger partial charge in [0.05, 0.1) is 0 Å². The lowest BCUT2D eigenvalue weighted by atomic mass is 10.3. The van der Waals surface area contributed by atoms with Crippen molar-refractivity contribution >= 4 is 5.78 Å². The van der Waals surface area contributed by atoms with Crippen molar-refractivity contribution in [2.24, 2.45) is 5.28 Å². The molecule has 1 atom stereocenters. The quantitative estimate of drug-likeness (QED) is 0.429. The van der Waals surface area contributed by atoms with Crippen LogP contribution < -0.4 is 4.74 Å². The standard InChI is InChI=1S/C12H16N2O5/c1-10(15)8-19-13-14(17)7-11(16)9-18-12-5-3-2-4-6-12/h2-6,11,16H,7-9H2,1H3. The Labute approximate surface area is 110 Å². The number of aliphatic hydroxyl groups excluding tert-OH is 1. The van der Waals surface area contributed by atoms with Gasteiger partial charge in [-0.2, -0.15) is 0 Å². The zero-order chi connectivity index (χ0) is 14.1. The molecule has 0 radical (unpaired) electrons. The number of benzene rings is 1. The van der Waals surface area contributed by atoms with Crippen molar-refractivity contribution in [3.63, 3.8) is 0 Å². The zero-order valence-electron chi connectivity index (χ0n) is 10.6. The monoisotopic (exact) mass is 268 g/mol. The second kappa shape index (κ2) is 8.04. The highest BCUT2D eigenvalue weighted by Gasteiger charge is 2.11. The summed E-state index contributed by atoms with van der Waals surface area (Å²) in [5.41, 5.74) is 0. The molecule has 0 aliphatic heterocycles. The summed E-state index contributed by atoms with van der Waals surface area (Å²) in [5, 5.41) is 23.8. The molecule has 0 bridgehead atoms. The number of hydrogen-bond donors (Lipinski definition) is 1. The maximum Gasteiger partial charge on any atom is 0.213 e. The summed E-state index contributed by atoms with van der Waals surface area (Å²) in [5.74, 6) is 0.355. The van der Waals surface area contributed by atoms with E-state index in [2.05, 4.69) is 10.1 Å². The fourth-order valence-corrected chi connectivity index (χ4v) is 1.16. The van der Waals surface area contributed by atoms with Crippen molar-refractivity contribution in [1.82, 2.24) is 0 Å². The highest BCUT2D eigenvalue weighted by Crippen LogP contribution is 2.08. The second-order valence-corrected chi connectivity index (χ2v) is 3.87. The van der Waals surface area contributed by atoms with E-state index in [0.29, 0.717) is 5.75 Å². The molecule has 0 aliphatic carbocycles. The molecule has 0 amide bonds. The van der Waals surface area contributed by atoms with Gasteiger partial charge in [0.25, 0.3) is 0 Å². The summed E-state index contributed by atoms with van der Waals surface area (Å²) in [6, 6.07) is 8.91. The molecule has 7 heteroatoms. The molecule has 104 valence electrons. The van der Waals surface area contributed by atoms with Gasteiger partial charge in [-0.3, -0.25) is 4.79 Å². The number of hydrogen-bond acceptors (Lipinski definition) is 6. The third-order valence-corrected chi connectivity index (χ3v) is 1.97. The molecule has 1 aromatic rings. The lowest BCUT2D eigenvalue weighted by Crippen LogP contribution is -2.27. The van der Waals surface area contributed by atoms with Crippen LogP contribution in [0.15, 0.2) is 35.6 Å². The molecule has 0 heterocycles. The van der Waals surface area contributed by atoms with E-state index in [4.69, 9.17) is 4.74 Å². The highest BCUT2D eigenvalue weighted by atomic mass is 16.7. The van der Waals surface area contributed by atoms with Crippen molar-refractivity contribution in [3.05, 3.63) is 35.5 Å². The van der Waals surface area contributed by atoms with Crippen LogP contribution in [0, 0.1) is 5.21 Å². The molecule has 7 nitrogen and oxygen atoms in total. The van der Waals surface area contributed by atoms with Gasteiger partial charge in [-0.15, -0.1) is 0 Å². The first kappa shape index (κ1) is 14.9. The van der Waals surface area contributed by atoms with E-state index < -0.39 is 6.10 Å². The minimum absolute atomic E-state index is 0.0367. The topological polar surface area (TPSA) is 94.2 Å². The number of para-hydroxylation sites is 1.